The van der Waals surface area contributed by atoms with Crippen molar-refractivity contribution in [3.05, 3.63) is 64.7 Å². The molecule has 0 saturated heterocycles. The number of hydrogen-bond donors (Lipinski definition) is 1. The van der Waals surface area contributed by atoms with Crippen molar-refractivity contribution in [1.29, 1.82) is 0 Å². The molecule has 0 bridgehead atoms. The molecule has 0 fully saturated rings. The molecule has 0 aliphatic carbocycles. The first kappa shape index (κ1) is 15.3. The molecule has 0 unspecified atom stereocenters. The minimum atomic E-state index is 0.446. The van der Waals surface area contributed by atoms with Crippen molar-refractivity contribution in [3.8, 4) is 5.75 Å². The second-order valence-corrected chi connectivity index (χ2v) is 5.41. The number of hydrogen-bond acceptors (Lipinski definition) is 5. The van der Waals surface area contributed by atoms with E-state index in [-0.39, 0.29) is 0 Å². The Morgan fingerprint density at radius 1 is 1.13 bits per heavy atom. The summed E-state index contributed by atoms with van der Waals surface area (Å²) in [5, 5.41) is 15.1. The maximum absolute atomic E-state index is 6.11. The molecule has 1 heterocycles. The van der Waals surface area contributed by atoms with Crippen molar-refractivity contribution in [1.82, 2.24) is 20.2 Å². The highest BCUT2D eigenvalue weighted by molar-refractivity contribution is 6.31. The van der Waals surface area contributed by atoms with Gasteiger partial charge in [-0.05, 0) is 34.2 Å². The fourth-order valence-corrected chi connectivity index (χ4v) is 2.23. The summed E-state index contributed by atoms with van der Waals surface area (Å²) < 4.78 is 7.34. The molecule has 0 radical (unpaired) electrons. The standard InChI is InChI=1S/C16H16ClN5O/c1-22-16(19-20-21-22)18-10-12-6-8-14(9-7-12)23-11-13-4-2-3-5-15(13)17/h2-9H,10-11H2,1H3,(H,18,19,21). The van der Waals surface area contributed by atoms with E-state index in [0.717, 1.165) is 16.9 Å². The maximum Gasteiger partial charge on any atom is 0.242 e. The summed E-state index contributed by atoms with van der Waals surface area (Å²) in [6.45, 7) is 1.08. The lowest BCUT2D eigenvalue weighted by Gasteiger charge is -2.09. The van der Waals surface area contributed by atoms with Crippen LogP contribution in [0.2, 0.25) is 5.02 Å². The Kier molecular flexibility index (Phi) is 4.73. The first-order valence-corrected chi connectivity index (χ1v) is 7.51. The van der Waals surface area contributed by atoms with Gasteiger partial charge in [0.1, 0.15) is 12.4 Å². The van der Waals surface area contributed by atoms with Crippen molar-refractivity contribution in [2.75, 3.05) is 5.32 Å². The second kappa shape index (κ2) is 7.11. The highest BCUT2D eigenvalue weighted by atomic mass is 35.5. The number of benzene rings is 2. The Labute approximate surface area is 139 Å². The number of nitrogens with one attached hydrogen (secondary N) is 1. The summed E-state index contributed by atoms with van der Waals surface area (Å²) >= 11 is 6.11. The number of anilines is 1. The van der Waals surface area contributed by atoms with Crippen molar-refractivity contribution >= 4 is 17.5 Å². The molecule has 1 aromatic heterocycles. The molecule has 23 heavy (non-hydrogen) atoms. The Bertz CT molecular complexity index is 772. The minimum absolute atomic E-state index is 0.446. The van der Waals surface area contributed by atoms with Gasteiger partial charge < -0.3 is 10.1 Å². The zero-order valence-corrected chi connectivity index (χ0v) is 13.4. The van der Waals surface area contributed by atoms with E-state index in [4.69, 9.17) is 16.3 Å². The lowest BCUT2D eigenvalue weighted by atomic mass is 10.2. The molecule has 0 atom stereocenters. The average Bonchev–Trinajstić information content (AvgIpc) is 2.98. The zero-order valence-electron chi connectivity index (χ0n) is 12.6. The summed E-state index contributed by atoms with van der Waals surface area (Å²) in [6.07, 6.45) is 0. The van der Waals surface area contributed by atoms with Crippen LogP contribution in [0, 0.1) is 0 Å². The van der Waals surface area contributed by atoms with Crippen LogP contribution in [-0.4, -0.2) is 20.2 Å². The number of aromatic nitrogens is 4. The first-order valence-electron chi connectivity index (χ1n) is 7.14. The fraction of sp³-hybridized carbons (Fsp3) is 0.188. The lowest BCUT2D eigenvalue weighted by molar-refractivity contribution is 0.306. The Hall–Kier alpha value is -2.60. The predicted molar refractivity (Wildman–Crippen MR) is 88.4 cm³/mol. The van der Waals surface area contributed by atoms with Crippen LogP contribution in [0.25, 0.3) is 0 Å². The number of nitrogens with zero attached hydrogens (tertiary/aromatic N) is 4. The van der Waals surface area contributed by atoms with Crippen LogP contribution in [-0.2, 0) is 20.2 Å². The molecule has 0 aliphatic rings. The third kappa shape index (κ3) is 3.98. The van der Waals surface area contributed by atoms with Gasteiger partial charge in [-0.2, -0.15) is 0 Å². The average molecular weight is 330 g/mol. The quantitative estimate of drug-likeness (QED) is 0.753. The molecule has 3 rings (SSSR count). The van der Waals surface area contributed by atoms with Crippen LogP contribution in [0.4, 0.5) is 5.95 Å². The topological polar surface area (TPSA) is 64.9 Å². The second-order valence-electron chi connectivity index (χ2n) is 5.00. The molecule has 0 saturated carbocycles. The number of ether oxygens (including phenoxy) is 1. The molecule has 7 heteroatoms. The van der Waals surface area contributed by atoms with Crippen LogP contribution in [0.15, 0.2) is 48.5 Å². The van der Waals surface area contributed by atoms with E-state index in [1.807, 2.05) is 48.5 Å². The molecule has 2 aromatic carbocycles. The minimum Gasteiger partial charge on any atom is -0.489 e. The molecular formula is C16H16ClN5O. The van der Waals surface area contributed by atoms with Gasteiger partial charge in [0.05, 0.1) is 0 Å². The van der Waals surface area contributed by atoms with E-state index in [0.29, 0.717) is 24.1 Å². The monoisotopic (exact) mass is 329 g/mol. The van der Waals surface area contributed by atoms with Gasteiger partial charge in [-0.25, -0.2) is 4.68 Å². The van der Waals surface area contributed by atoms with Gasteiger partial charge in [0.2, 0.25) is 5.95 Å². The SMILES string of the molecule is Cn1nnnc1NCc1ccc(OCc2ccccc2Cl)cc1. The van der Waals surface area contributed by atoms with Crippen LogP contribution in [0.5, 0.6) is 5.75 Å². The van der Waals surface area contributed by atoms with Gasteiger partial charge in [0.25, 0.3) is 0 Å². The number of aryl methyl sites for hydroxylation is 1. The van der Waals surface area contributed by atoms with Gasteiger partial charge in [0.15, 0.2) is 0 Å². The Morgan fingerprint density at radius 3 is 2.61 bits per heavy atom. The van der Waals surface area contributed by atoms with Crippen molar-refractivity contribution < 1.29 is 4.74 Å². The van der Waals surface area contributed by atoms with E-state index >= 15 is 0 Å². The molecule has 0 spiro atoms. The largest absolute Gasteiger partial charge is 0.489 e. The third-order valence-corrected chi connectivity index (χ3v) is 3.72. The highest BCUT2D eigenvalue weighted by Crippen LogP contribution is 2.19. The highest BCUT2D eigenvalue weighted by Gasteiger charge is 2.03. The van der Waals surface area contributed by atoms with E-state index in [1.54, 1.807) is 11.7 Å². The zero-order chi connectivity index (χ0) is 16.1. The molecule has 118 valence electrons. The normalized spacial score (nSPS) is 10.5. The fourth-order valence-electron chi connectivity index (χ4n) is 2.04. The van der Waals surface area contributed by atoms with Gasteiger partial charge in [-0.1, -0.05) is 47.0 Å². The van der Waals surface area contributed by atoms with Crippen LogP contribution in [0.3, 0.4) is 0 Å². The number of halogens is 1. The summed E-state index contributed by atoms with van der Waals surface area (Å²) in [4.78, 5) is 0. The van der Waals surface area contributed by atoms with Crippen LogP contribution in [0.1, 0.15) is 11.1 Å². The summed E-state index contributed by atoms with van der Waals surface area (Å²) in [7, 11) is 1.79. The van der Waals surface area contributed by atoms with Gasteiger partial charge in [-0.15, -0.1) is 0 Å². The lowest BCUT2D eigenvalue weighted by Crippen LogP contribution is -2.05. The Morgan fingerprint density at radius 2 is 1.91 bits per heavy atom. The van der Waals surface area contributed by atoms with Crippen LogP contribution >= 0.6 is 11.6 Å². The summed E-state index contributed by atoms with van der Waals surface area (Å²) in [5.41, 5.74) is 2.08. The molecule has 0 aliphatic heterocycles. The van der Waals surface area contributed by atoms with Crippen molar-refractivity contribution in [2.45, 2.75) is 13.2 Å². The summed E-state index contributed by atoms with van der Waals surface area (Å²) in [5.74, 6) is 1.43. The van der Waals surface area contributed by atoms with Gasteiger partial charge in [0, 0.05) is 24.2 Å². The van der Waals surface area contributed by atoms with Gasteiger partial charge >= 0.3 is 0 Å². The molecule has 1 N–H and O–H groups in total. The van der Waals surface area contributed by atoms with Gasteiger partial charge in [-0.3, -0.25) is 0 Å². The van der Waals surface area contributed by atoms with E-state index < -0.39 is 0 Å². The number of rotatable bonds is 6. The van der Waals surface area contributed by atoms with Crippen LogP contribution < -0.4 is 10.1 Å². The Balaban J connectivity index is 1.55. The molecule has 0 amide bonds. The predicted octanol–water partition coefficient (Wildman–Crippen LogP) is 3.05. The van der Waals surface area contributed by atoms with Crippen molar-refractivity contribution in [2.24, 2.45) is 7.05 Å². The number of tetrazole rings is 1. The molecule has 6 nitrogen and oxygen atoms in total. The molecule has 3 aromatic rings. The third-order valence-electron chi connectivity index (χ3n) is 3.35. The van der Waals surface area contributed by atoms with E-state index in [9.17, 15) is 0 Å². The maximum atomic E-state index is 6.11. The molecular weight excluding hydrogens is 314 g/mol. The van der Waals surface area contributed by atoms with Crippen molar-refractivity contribution in [3.63, 3.8) is 0 Å². The smallest absolute Gasteiger partial charge is 0.242 e. The summed E-state index contributed by atoms with van der Waals surface area (Å²) in [6, 6.07) is 15.5. The first-order chi connectivity index (χ1) is 11.2. The van der Waals surface area contributed by atoms with E-state index in [1.165, 1.54) is 0 Å². The van der Waals surface area contributed by atoms with E-state index in [2.05, 4.69) is 20.8 Å².